The summed E-state index contributed by atoms with van der Waals surface area (Å²) in [6.45, 7) is 5.28. The van der Waals surface area contributed by atoms with Crippen molar-refractivity contribution < 1.29 is 19.0 Å². The van der Waals surface area contributed by atoms with Crippen LogP contribution in [-0.4, -0.2) is 84.7 Å². The van der Waals surface area contributed by atoms with E-state index in [2.05, 4.69) is 25.5 Å². The van der Waals surface area contributed by atoms with Crippen LogP contribution in [0.5, 0.6) is 5.75 Å². The highest BCUT2D eigenvalue weighted by Crippen LogP contribution is 2.27. The molecule has 0 bridgehead atoms. The first-order chi connectivity index (χ1) is 19.1. The van der Waals surface area contributed by atoms with E-state index in [4.69, 9.17) is 14.2 Å². The first-order valence-corrected chi connectivity index (χ1v) is 13.5. The number of hydrogen-bond donors (Lipinski definition) is 2. The highest BCUT2D eigenvalue weighted by Gasteiger charge is 2.20. The van der Waals surface area contributed by atoms with E-state index in [-0.39, 0.29) is 24.7 Å². The van der Waals surface area contributed by atoms with Crippen LogP contribution in [0.4, 0.5) is 11.4 Å². The molecule has 5 rings (SSSR count). The molecule has 0 saturated carbocycles. The Kier molecular flexibility index (Phi) is 9.88. The number of nitrogens with one attached hydrogen (secondary N) is 2. The molecular formula is C27H35N7O5S. The van der Waals surface area contributed by atoms with Gasteiger partial charge in [-0.1, -0.05) is 7.43 Å². The SMILES string of the molecule is C.COCCOCCOc1ccc2c(c1)n(C)c(=O)n2-c1nc(C(=O)Nc2cnccc2N2CCNCC2)cs1. The van der Waals surface area contributed by atoms with E-state index < -0.39 is 0 Å². The Morgan fingerprint density at radius 1 is 1.12 bits per heavy atom. The van der Waals surface area contributed by atoms with Gasteiger partial charge in [-0.05, 0) is 18.2 Å². The predicted molar refractivity (Wildman–Crippen MR) is 156 cm³/mol. The number of carbonyl (C=O) groups is 1. The number of imidazole rings is 1. The second-order valence-corrected chi connectivity index (χ2v) is 9.72. The maximum Gasteiger partial charge on any atom is 0.335 e. The first-order valence-electron chi connectivity index (χ1n) is 12.6. The van der Waals surface area contributed by atoms with Gasteiger partial charge in [0.05, 0.1) is 48.4 Å². The van der Waals surface area contributed by atoms with Gasteiger partial charge in [0.25, 0.3) is 5.91 Å². The number of aryl methyl sites for hydroxylation is 1. The lowest BCUT2D eigenvalue weighted by Crippen LogP contribution is -2.43. The van der Waals surface area contributed by atoms with Gasteiger partial charge in [-0.3, -0.25) is 14.3 Å². The minimum atomic E-state index is -0.362. The van der Waals surface area contributed by atoms with Gasteiger partial charge in [0.1, 0.15) is 18.1 Å². The molecule has 0 aliphatic carbocycles. The number of hydrogen-bond acceptors (Lipinski definition) is 10. The van der Waals surface area contributed by atoms with Crippen molar-refractivity contribution in [1.29, 1.82) is 0 Å². The molecule has 40 heavy (non-hydrogen) atoms. The van der Waals surface area contributed by atoms with Crippen LogP contribution < -0.4 is 26.0 Å². The number of thiazole rings is 1. The molecule has 1 aliphatic rings. The molecule has 0 radical (unpaired) electrons. The lowest BCUT2D eigenvalue weighted by Gasteiger charge is -2.30. The van der Waals surface area contributed by atoms with Crippen LogP contribution in [-0.2, 0) is 16.5 Å². The van der Waals surface area contributed by atoms with E-state index in [1.54, 1.807) is 38.0 Å². The molecule has 1 saturated heterocycles. The summed E-state index contributed by atoms with van der Waals surface area (Å²) >= 11 is 1.23. The third-order valence-electron chi connectivity index (χ3n) is 6.38. The second-order valence-electron chi connectivity index (χ2n) is 8.88. The Balaban J connectivity index is 0.00000370. The molecule has 0 unspecified atom stereocenters. The summed E-state index contributed by atoms with van der Waals surface area (Å²) in [5.41, 5.74) is 2.86. The molecule has 1 fully saturated rings. The summed E-state index contributed by atoms with van der Waals surface area (Å²) in [6, 6.07) is 7.32. The molecule has 13 heteroatoms. The van der Waals surface area contributed by atoms with Gasteiger partial charge in [0, 0.05) is 58.0 Å². The van der Waals surface area contributed by atoms with Crippen LogP contribution in [0.25, 0.3) is 16.2 Å². The number of amides is 1. The van der Waals surface area contributed by atoms with E-state index in [1.807, 2.05) is 18.2 Å². The number of pyridine rings is 1. The molecule has 3 aromatic heterocycles. The maximum atomic E-state index is 13.2. The van der Waals surface area contributed by atoms with Crippen LogP contribution in [0, 0.1) is 0 Å². The van der Waals surface area contributed by atoms with Gasteiger partial charge in [-0.2, -0.15) is 0 Å². The monoisotopic (exact) mass is 569 g/mol. The van der Waals surface area contributed by atoms with Crippen molar-refractivity contribution in [3.63, 3.8) is 0 Å². The zero-order chi connectivity index (χ0) is 27.2. The molecule has 4 heterocycles. The van der Waals surface area contributed by atoms with Crippen LogP contribution in [0.1, 0.15) is 17.9 Å². The van der Waals surface area contributed by atoms with Crippen molar-refractivity contribution in [2.45, 2.75) is 7.43 Å². The van der Waals surface area contributed by atoms with Gasteiger partial charge in [0.2, 0.25) is 0 Å². The number of carbonyl (C=O) groups excluding carboxylic acids is 1. The number of anilines is 2. The zero-order valence-electron chi connectivity index (χ0n) is 21.9. The van der Waals surface area contributed by atoms with Crippen LogP contribution in [0.3, 0.4) is 0 Å². The molecule has 4 aromatic rings. The minimum Gasteiger partial charge on any atom is -0.491 e. The van der Waals surface area contributed by atoms with E-state index in [1.165, 1.54) is 20.5 Å². The molecule has 12 nitrogen and oxygen atoms in total. The smallest absolute Gasteiger partial charge is 0.335 e. The number of nitrogens with zero attached hydrogens (tertiary/aromatic N) is 5. The van der Waals surface area contributed by atoms with Crippen LogP contribution in [0.2, 0.25) is 0 Å². The van der Waals surface area contributed by atoms with Gasteiger partial charge >= 0.3 is 5.69 Å². The summed E-state index contributed by atoms with van der Waals surface area (Å²) in [6.07, 6.45) is 3.36. The number of aromatic nitrogens is 4. The molecule has 1 amide bonds. The van der Waals surface area contributed by atoms with E-state index >= 15 is 0 Å². The number of ether oxygens (including phenoxy) is 3. The van der Waals surface area contributed by atoms with Gasteiger partial charge < -0.3 is 29.7 Å². The number of benzene rings is 1. The number of rotatable bonds is 11. The zero-order valence-corrected chi connectivity index (χ0v) is 22.7. The van der Waals surface area contributed by atoms with E-state index in [0.29, 0.717) is 54.0 Å². The van der Waals surface area contributed by atoms with Crippen molar-refractivity contribution >= 4 is 39.7 Å². The highest BCUT2D eigenvalue weighted by molar-refractivity contribution is 7.12. The van der Waals surface area contributed by atoms with Crippen molar-refractivity contribution in [1.82, 2.24) is 24.4 Å². The fourth-order valence-electron chi connectivity index (χ4n) is 4.38. The van der Waals surface area contributed by atoms with Crippen molar-refractivity contribution in [2.75, 3.05) is 69.9 Å². The molecule has 0 spiro atoms. The first kappa shape index (κ1) is 29.2. The topological polar surface area (TPSA) is 125 Å². The number of piperazine rings is 1. The average Bonchev–Trinajstić information content (AvgIpc) is 3.54. The third-order valence-corrected chi connectivity index (χ3v) is 7.20. The summed E-state index contributed by atoms with van der Waals surface area (Å²) in [5.74, 6) is 0.264. The normalized spacial score (nSPS) is 13.3. The average molecular weight is 570 g/mol. The Morgan fingerprint density at radius 2 is 1.93 bits per heavy atom. The molecular weight excluding hydrogens is 534 g/mol. The standard InChI is InChI=1S/C26H31N7O5S.CH4/c1-31-23-15-18(38-14-13-37-12-11-36-2)3-4-22(23)33(26(31)35)25-30-20(17-39-25)24(34)29-19-16-28-6-5-21(19)32-9-7-27-8-10-32;/h3-6,15-17,27H,7-14H2,1-2H3,(H,29,34);1H4. The van der Waals surface area contributed by atoms with Gasteiger partial charge in [-0.25, -0.2) is 14.3 Å². The number of methoxy groups -OCH3 is 1. The Bertz CT molecular complexity index is 1490. The summed E-state index contributed by atoms with van der Waals surface area (Å²) < 4.78 is 19.2. The summed E-state index contributed by atoms with van der Waals surface area (Å²) in [7, 11) is 3.32. The molecule has 0 atom stereocenters. The highest BCUT2D eigenvalue weighted by atomic mass is 32.1. The fraction of sp³-hybridized carbons (Fsp3) is 0.407. The summed E-state index contributed by atoms with van der Waals surface area (Å²) in [5, 5.41) is 8.33. The predicted octanol–water partition coefficient (Wildman–Crippen LogP) is 2.52. The quantitative estimate of drug-likeness (QED) is 0.262. The third kappa shape index (κ3) is 6.33. The van der Waals surface area contributed by atoms with E-state index in [0.717, 1.165) is 31.9 Å². The largest absolute Gasteiger partial charge is 0.491 e. The second kappa shape index (κ2) is 13.5. The maximum absolute atomic E-state index is 13.2. The van der Waals surface area contributed by atoms with Crippen molar-refractivity contribution in [3.8, 4) is 10.9 Å². The Hall–Kier alpha value is -3.78. The van der Waals surface area contributed by atoms with Gasteiger partial charge in [-0.15, -0.1) is 11.3 Å². The number of fused-ring (bicyclic) bond motifs is 1. The lowest BCUT2D eigenvalue weighted by atomic mass is 10.2. The molecule has 1 aliphatic heterocycles. The molecule has 214 valence electrons. The molecule has 2 N–H and O–H groups in total. The lowest BCUT2D eigenvalue weighted by molar-refractivity contribution is 0.0544. The Labute approximate surface area is 236 Å². The van der Waals surface area contributed by atoms with Crippen molar-refractivity contribution in [3.05, 3.63) is 58.2 Å². The summed E-state index contributed by atoms with van der Waals surface area (Å²) in [4.78, 5) is 37.2. The fourth-order valence-corrected chi connectivity index (χ4v) is 5.19. The van der Waals surface area contributed by atoms with Crippen LogP contribution >= 0.6 is 11.3 Å². The van der Waals surface area contributed by atoms with E-state index in [9.17, 15) is 9.59 Å². The van der Waals surface area contributed by atoms with Crippen LogP contribution in [0.15, 0.2) is 46.8 Å². The molecule has 1 aromatic carbocycles. The van der Waals surface area contributed by atoms with Gasteiger partial charge in [0.15, 0.2) is 5.13 Å². The Morgan fingerprint density at radius 3 is 2.73 bits per heavy atom. The minimum absolute atomic E-state index is 0. The van der Waals surface area contributed by atoms with Crippen molar-refractivity contribution in [2.24, 2.45) is 7.05 Å².